The molecule has 1 atom stereocenters. The first kappa shape index (κ1) is 32.4. The Hall–Kier alpha value is -5.01. The summed E-state index contributed by atoms with van der Waals surface area (Å²) in [5.41, 5.74) is -1.54. The van der Waals surface area contributed by atoms with Gasteiger partial charge in [-0.1, -0.05) is 42.5 Å². The Morgan fingerprint density at radius 1 is 0.913 bits per heavy atom. The first-order chi connectivity index (χ1) is 21.7. The molecular formula is C32H28F6N4O4. The van der Waals surface area contributed by atoms with Gasteiger partial charge in [0.05, 0.1) is 30.8 Å². The number of carbonyl (C=O) groups is 2. The normalized spacial score (nSPS) is 13.7. The minimum atomic E-state index is -4.99. The molecule has 1 aliphatic rings. The quantitative estimate of drug-likeness (QED) is 0.159. The van der Waals surface area contributed by atoms with Crippen molar-refractivity contribution in [1.29, 1.82) is 0 Å². The summed E-state index contributed by atoms with van der Waals surface area (Å²) in [4.78, 5) is 26.6. The summed E-state index contributed by atoms with van der Waals surface area (Å²) >= 11 is 0. The lowest BCUT2D eigenvalue weighted by atomic mass is 10.1. The van der Waals surface area contributed by atoms with E-state index in [0.29, 0.717) is 5.56 Å². The zero-order valence-electron chi connectivity index (χ0n) is 24.6. The molecule has 0 radical (unpaired) electrons. The van der Waals surface area contributed by atoms with Crippen LogP contribution in [0.1, 0.15) is 61.6 Å². The Bertz CT molecular complexity index is 1720. The molecule has 242 valence electrons. The molecule has 1 aliphatic heterocycles. The number of hydrogen-bond acceptors (Lipinski definition) is 6. The van der Waals surface area contributed by atoms with Crippen LogP contribution in [0.15, 0.2) is 72.8 Å². The van der Waals surface area contributed by atoms with Crippen LogP contribution in [-0.2, 0) is 36.8 Å². The topological polar surface area (TPSA) is 85.7 Å². The van der Waals surface area contributed by atoms with Crippen LogP contribution < -0.4 is 15.0 Å². The van der Waals surface area contributed by atoms with Gasteiger partial charge in [-0.05, 0) is 53.9 Å². The van der Waals surface area contributed by atoms with Gasteiger partial charge in [0.2, 0.25) is 0 Å². The number of fused-ring (bicyclic) bond motifs is 1. The Morgan fingerprint density at radius 3 is 2.24 bits per heavy atom. The number of methoxy groups -OCH3 is 1. The van der Waals surface area contributed by atoms with Crippen LogP contribution in [0.25, 0.3) is 0 Å². The molecule has 0 spiro atoms. The van der Waals surface area contributed by atoms with Crippen LogP contribution in [-0.4, -0.2) is 35.3 Å². The maximum absolute atomic E-state index is 14.1. The monoisotopic (exact) mass is 646 g/mol. The van der Waals surface area contributed by atoms with E-state index < -0.39 is 47.1 Å². The molecule has 1 amide bonds. The van der Waals surface area contributed by atoms with Gasteiger partial charge in [-0.15, -0.1) is 0 Å². The fourth-order valence-electron chi connectivity index (χ4n) is 5.15. The number of hydrogen-bond donors (Lipinski definition) is 1. The van der Waals surface area contributed by atoms with E-state index in [1.807, 2.05) is 0 Å². The van der Waals surface area contributed by atoms with Crippen molar-refractivity contribution in [1.82, 2.24) is 15.1 Å². The van der Waals surface area contributed by atoms with Crippen molar-refractivity contribution in [2.45, 2.75) is 45.0 Å². The highest BCUT2D eigenvalue weighted by molar-refractivity contribution is 6.01. The number of halogens is 6. The van der Waals surface area contributed by atoms with Gasteiger partial charge < -0.3 is 19.7 Å². The van der Waals surface area contributed by atoms with E-state index in [0.717, 1.165) is 22.4 Å². The fraction of sp³-hybridized carbons (Fsp3) is 0.281. The van der Waals surface area contributed by atoms with E-state index in [2.05, 4.69) is 15.2 Å². The third-order valence-electron chi connectivity index (χ3n) is 7.40. The number of amides is 1. The lowest BCUT2D eigenvalue weighted by Gasteiger charge is -2.22. The maximum Gasteiger partial charge on any atom is 0.436 e. The lowest BCUT2D eigenvalue weighted by molar-refractivity contribution is -0.142. The minimum Gasteiger partial charge on any atom is -0.489 e. The fourth-order valence-corrected chi connectivity index (χ4v) is 5.15. The molecular weight excluding hydrogens is 618 g/mol. The maximum atomic E-state index is 14.1. The molecule has 46 heavy (non-hydrogen) atoms. The summed E-state index contributed by atoms with van der Waals surface area (Å²) in [5, 5.41) is 6.22. The molecule has 5 rings (SSSR count). The molecule has 0 bridgehead atoms. The number of carbonyl (C=O) groups excluding carboxylic acids is 2. The van der Waals surface area contributed by atoms with Gasteiger partial charge in [0.1, 0.15) is 23.7 Å². The number of anilines is 1. The predicted octanol–water partition coefficient (Wildman–Crippen LogP) is 6.80. The van der Waals surface area contributed by atoms with Crippen LogP contribution in [0, 0.1) is 0 Å². The smallest absolute Gasteiger partial charge is 0.436 e. The summed E-state index contributed by atoms with van der Waals surface area (Å²) in [7, 11) is 1.22. The van der Waals surface area contributed by atoms with Crippen molar-refractivity contribution in [3.05, 3.63) is 112 Å². The lowest BCUT2D eigenvalue weighted by Crippen LogP contribution is -2.31. The SMILES string of the molecule is COC(=O)c1ccc(C(C)NC(=O)c2c(C(F)(F)F)nn3c2N(Cc2cc(OCc4ccccc4)cc(C(F)(F)F)c2)CC3)cc1. The van der Waals surface area contributed by atoms with Crippen LogP contribution in [0.4, 0.5) is 32.2 Å². The van der Waals surface area contributed by atoms with E-state index in [1.54, 1.807) is 37.3 Å². The highest BCUT2D eigenvalue weighted by Gasteiger charge is 2.44. The van der Waals surface area contributed by atoms with Gasteiger partial charge in [-0.25, -0.2) is 9.48 Å². The standard InChI is InChI=1S/C32H28F6N4O4/c1-19(22-8-10-23(11-9-22)30(44)45-2)39-28(43)26-27(32(36,37)38)40-42-13-12-41(29(26)42)17-21-14-24(31(33,34)35)16-25(15-21)46-18-20-6-4-3-5-7-20/h3-11,14-16,19H,12-13,17-18H2,1-2H3,(H,39,43). The first-order valence-corrected chi connectivity index (χ1v) is 14.0. The molecule has 3 aromatic carbocycles. The summed E-state index contributed by atoms with van der Waals surface area (Å²) in [6, 6.07) is 17.2. The summed E-state index contributed by atoms with van der Waals surface area (Å²) in [5.74, 6) is -1.88. The van der Waals surface area contributed by atoms with Gasteiger partial charge >= 0.3 is 18.3 Å². The number of nitrogens with one attached hydrogen (secondary N) is 1. The van der Waals surface area contributed by atoms with E-state index >= 15 is 0 Å². The van der Waals surface area contributed by atoms with Crippen LogP contribution >= 0.6 is 0 Å². The molecule has 4 aromatic rings. The van der Waals surface area contributed by atoms with E-state index in [4.69, 9.17) is 4.74 Å². The number of ether oxygens (including phenoxy) is 2. The summed E-state index contributed by atoms with van der Waals surface area (Å²) < 4.78 is 95.2. The third kappa shape index (κ3) is 7.11. The second kappa shape index (κ2) is 12.8. The van der Waals surface area contributed by atoms with E-state index in [9.17, 15) is 35.9 Å². The van der Waals surface area contributed by atoms with Gasteiger partial charge in [-0.2, -0.15) is 31.4 Å². The number of nitrogens with zero attached hydrogens (tertiary/aromatic N) is 3. The first-order valence-electron chi connectivity index (χ1n) is 14.0. The molecule has 14 heteroatoms. The molecule has 1 N–H and O–H groups in total. The Kier molecular flexibility index (Phi) is 8.99. The number of benzene rings is 3. The number of esters is 1. The van der Waals surface area contributed by atoms with Crippen molar-refractivity contribution in [3.8, 4) is 5.75 Å². The predicted molar refractivity (Wildman–Crippen MR) is 154 cm³/mol. The number of rotatable bonds is 9. The number of aromatic nitrogens is 2. The Balaban J connectivity index is 1.43. The molecule has 0 aliphatic carbocycles. The van der Waals surface area contributed by atoms with Crippen molar-refractivity contribution in [2.24, 2.45) is 0 Å². The van der Waals surface area contributed by atoms with Crippen LogP contribution in [0.5, 0.6) is 5.75 Å². The second-order valence-electron chi connectivity index (χ2n) is 10.6. The molecule has 1 unspecified atom stereocenters. The third-order valence-corrected chi connectivity index (χ3v) is 7.40. The highest BCUT2D eigenvalue weighted by Crippen LogP contribution is 2.40. The average molecular weight is 647 g/mol. The largest absolute Gasteiger partial charge is 0.489 e. The van der Waals surface area contributed by atoms with Crippen molar-refractivity contribution in [3.63, 3.8) is 0 Å². The molecule has 2 heterocycles. The highest BCUT2D eigenvalue weighted by atomic mass is 19.4. The molecule has 0 saturated carbocycles. The molecule has 0 saturated heterocycles. The van der Waals surface area contributed by atoms with E-state index in [1.165, 1.54) is 42.3 Å². The van der Waals surface area contributed by atoms with E-state index in [-0.39, 0.29) is 48.9 Å². The molecule has 8 nitrogen and oxygen atoms in total. The van der Waals surface area contributed by atoms with Crippen molar-refractivity contribution >= 4 is 17.7 Å². The second-order valence-corrected chi connectivity index (χ2v) is 10.6. The zero-order chi connectivity index (χ0) is 33.2. The van der Waals surface area contributed by atoms with Crippen molar-refractivity contribution in [2.75, 3.05) is 18.6 Å². The van der Waals surface area contributed by atoms with Gasteiger partial charge in [0.25, 0.3) is 5.91 Å². The Labute approximate surface area is 259 Å². The summed E-state index contributed by atoms with van der Waals surface area (Å²) in [6.45, 7) is 1.38. The molecule has 0 fully saturated rings. The molecule has 1 aromatic heterocycles. The van der Waals surface area contributed by atoms with Gasteiger partial charge in [0, 0.05) is 13.1 Å². The Morgan fingerprint density at radius 2 is 1.61 bits per heavy atom. The van der Waals surface area contributed by atoms with Crippen LogP contribution in [0.2, 0.25) is 0 Å². The average Bonchev–Trinajstić information content (AvgIpc) is 3.60. The van der Waals surface area contributed by atoms with Crippen LogP contribution in [0.3, 0.4) is 0 Å². The zero-order valence-corrected chi connectivity index (χ0v) is 24.6. The minimum absolute atomic E-state index is 0.000930. The number of alkyl halides is 6. The summed E-state index contributed by atoms with van der Waals surface area (Å²) in [6.07, 6.45) is -9.71. The van der Waals surface area contributed by atoms with Gasteiger partial charge in [-0.3, -0.25) is 4.79 Å². The van der Waals surface area contributed by atoms with Crippen molar-refractivity contribution < 1.29 is 45.4 Å². The van der Waals surface area contributed by atoms with Gasteiger partial charge in [0.15, 0.2) is 5.69 Å².